The van der Waals surface area contributed by atoms with Crippen molar-refractivity contribution >= 4 is 16.8 Å². The fourth-order valence-corrected chi connectivity index (χ4v) is 5.30. The molecule has 3 aliphatic rings. The summed E-state index contributed by atoms with van der Waals surface area (Å²) in [5.41, 5.74) is 1.28. The van der Waals surface area contributed by atoms with Gasteiger partial charge in [0.15, 0.2) is 0 Å². The van der Waals surface area contributed by atoms with E-state index in [1.54, 1.807) is 6.92 Å². The summed E-state index contributed by atoms with van der Waals surface area (Å²) < 4.78 is 8.75. The average Bonchev–Trinajstić information content (AvgIpc) is 3.11. The summed E-state index contributed by atoms with van der Waals surface area (Å²) in [5.74, 6) is 1.20. The number of aromatic nitrogens is 1. The second-order valence-electron chi connectivity index (χ2n) is 9.12. The molecule has 0 bridgehead atoms. The first-order valence-corrected chi connectivity index (χ1v) is 11.4. The van der Waals surface area contributed by atoms with Crippen LogP contribution in [-0.4, -0.2) is 58.6 Å². The van der Waals surface area contributed by atoms with Crippen LogP contribution < -0.4 is 4.74 Å². The van der Waals surface area contributed by atoms with Crippen molar-refractivity contribution < 1.29 is 9.53 Å². The van der Waals surface area contributed by atoms with Crippen molar-refractivity contribution in [2.75, 3.05) is 26.2 Å². The van der Waals surface area contributed by atoms with E-state index in [2.05, 4.69) is 39.9 Å². The monoisotopic (exact) mass is 395 g/mol. The Hall–Kier alpha value is -2.01. The number of nitrogens with zero attached hydrogens (tertiary/aromatic N) is 3. The number of benzene rings is 1. The Morgan fingerprint density at radius 1 is 0.931 bits per heavy atom. The molecule has 2 saturated heterocycles. The van der Waals surface area contributed by atoms with Crippen molar-refractivity contribution in [2.45, 2.75) is 70.1 Å². The second kappa shape index (κ2) is 8.02. The van der Waals surface area contributed by atoms with Gasteiger partial charge < -0.3 is 19.1 Å². The summed E-state index contributed by atoms with van der Waals surface area (Å²) in [6, 6.07) is 10.1. The number of rotatable bonds is 4. The molecular weight excluding hydrogens is 362 g/mol. The van der Waals surface area contributed by atoms with Gasteiger partial charge in [-0.1, -0.05) is 6.42 Å². The van der Waals surface area contributed by atoms with Crippen LogP contribution >= 0.6 is 0 Å². The van der Waals surface area contributed by atoms with Crippen molar-refractivity contribution in [1.29, 1.82) is 0 Å². The van der Waals surface area contributed by atoms with Gasteiger partial charge in [0.1, 0.15) is 11.9 Å². The molecule has 1 amide bonds. The molecule has 5 rings (SSSR count). The molecule has 1 aromatic heterocycles. The summed E-state index contributed by atoms with van der Waals surface area (Å²) in [7, 11) is 0. The van der Waals surface area contributed by atoms with Gasteiger partial charge in [-0.05, 0) is 62.8 Å². The minimum absolute atomic E-state index is 0.195. The number of amides is 1. The smallest absolute Gasteiger partial charge is 0.219 e. The lowest BCUT2D eigenvalue weighted by Crippen LogP contribution is -2.46. The molecule has 29 heavy (non-hydrogen) atoms. The normalized spacial score (nSPS) is 22.7. The minimum atomic E-state index is 0.195. The zero-order valence-corrected chi connectivity index (χ0v) is 17.6. The number of hydrogen-bond acceptors (Lipinski definition) is 3. The highest BCUT2D eigenvalue weighted by Gasteiger charge is 2.29. The van der Waals surface area contributed by atoms with E-state index in [0.29, 0.717) is 12.1 Å². The summed E-state index contributed by atoms with van der Waals surface area (Å²) in [5, 5.41) is 1.25. The number of ether oxygens (including phenoxy) is 1. The highest BCUT2D eigenvalue weighted by Crippen LogP contribution is 2.32. The molecule has 5 nitrogen and oxygen atoms in total. The van der Waals surface area contributed by atoms with Crippen LogP contribution in [0.4, 0.5) is 0 Å². The molecule has 0 atom stereocenters. The maximum atomic E-state index is 11.6. The predicted molar refractivity (Wildman–Crippen MR) is 115 cm³/mol. The molecule has 156 valence electrons. The molecule has 0 N–H and O–H groups in total. The SMILES string of the molecule is CC(=O)N1CCC(n2ccc3cc(OC4CCN(C5CCC5)CC4)ccc32)CC1. The van der Waals surface area contributed by atoms with Gasteiger partial charge in [-0.2, -0.15) is 0 Å². The van der Waals surface area contributed by atoms with Gasteiger partial charge in [0.2, 0.25) is 5.91 Å². The lowest BCUT2D eigenvalue weighted by atomic mass is 9.90. The van der Waals surface area contributed by atoms with Crippen molar-refractivity contribution in [3.8, 4) is 5.75 Å². The molecule has 2 aromatic rings. The van der Waals surface area contributed by atoms with Crippen LogP contribution in [0.15, 0.2) is 30.5 Å². The van der Waals surface area contributed by atoms with Gasteiger partial charge in [0.05, 0.1) is 0 Å². The standard InChI is InChI=1S/C24H33N3O2/c1-18(28)25-12-8-21(9-13-25)27-16-7-19-17-23(5-6-24(19)27)29-22-10-14-26(15-11-22)20-3-2-4-20/h5-7,16-17,20-22H,2-4,8-15H2,1H3. The van der Waals surface area contributed by atoms with E-state index in [-0.39, 0.29) is 5.91 Å². The van der Waals surface area contributed by atoms with Gasteiger partial charge in [0, 0.05) is 62.3 Å². The van der Waals surface area contributed by atoms with E-state index >= 15 is 0 Å². The Bertz CT molecular complexity index is 856. The lowest BCUT2D eigenvalue weighted by Gasteiger charge is -2.41. The highest BCUT2D eigenvalue weighted by atomic mass is 16.5. The fraction of sp³-hybridized carbons (Fsp3) is 0.625. The van der Waals surface area contributed by atoms with Crippen molar-refractivity contribution in [3.05, 3.63) is 30.5 Å². The highest BCUT2D eigenvalue weighted by molar-refractivity contribution is 5.82. The largest absolute Gasteiger partial charge is 0.490 e. The zero-order valence-electron chi connectivity index (χ0n) is 17.6. The molecular formula is C24H33N3O2. The van der Waals surface area contributed by atoms with Crippen molar-refractivity contribution in [2.24, 2.45) is 0 Å². The predicted octanol–water partition coefficient (Wildman–Crippen LogP) is 4.22. The van der Waals surface area contributed by atoms with Gasteiger partial charge in [-0.15, -0.1) is 0 Å². The first-order chi connectivity index (χ1) is 14.2. The zero-order chi connectivity index (χ0) is 19.8. The first-order valence-electron chi connectivity index (χ1n) is 11.4. The van der Waals surface area contributed by atoms with Crippen LogP contribution in [0.1, 0.15) is 57.9 Å². The van der Waals surface area contributed by atoms with E-state index in [4.69, 9.17) is 4.74 Å². The van der Waals surface area contributed by atoms with E-state index in [0.717, 1.165) is 50.6 Å². The third kappa shape index (κ3) is 3.89. The maximum absolute atomic E-state index is 11.6. The summed E-state index contributed by atoms with van der Waals surface area (Å²) in [6.45, 7) is 5.77. The summed E-state index contributed by atoms with van der Waals surface area (Å²) >= 11 is 0. The molecule has 3 fully saturated rings. The lowest BCUT2D eigenvalue weighted by molar-refractivity contribution is -0.130. The molecule has 0 unspecified atom stereocenters. The average molecular weight is 396 g/mol. The van der Waals surface area contributed by atoms with Crippen molar-refractivity contribution in [3.63, 3.8) is 0 Å². The summed E-state index contributed by atoms with van der Waals surface area (Å²) in [6.07, 6.45) is 11.1. The van der Waals surface area contributed by atoms with Crippen LogP contribution in [0.25, 0.3) is 10.9 Å². The first kappa shape index (κ1) is 19.0. The van der Waals surface area contributed by atoms with E-state index in [9.17, 15) is 4.79 Å². The molecule has 0 radical (unpaired) electrons. The Morgan fingerprint density at radius 3 is 2.34 bits per heavy atom. The van der Waals surface area contributed by atoms with E-state index in [1.165, 1.54) is 43.3 Å². The number of carbonyl (C=O) groups is 1. The molecule has 0 spiro atoms. The van der Waals surface area contributed by atoms with Crippen LogP contribution in [0.2, 0.25) is 0 Å². The maximum Gasteiger partial charge on any atom is 0.219 e. The molecule has 1 saturated carbocycles. The number of piperidine rings is 2. The van der Waals surface area contributed by atoms with Crippen LogP contribution in [0.5, 0.6) is 5.75 Å². The van der Waals surface area contributed by atoms with Crippen LogP contribution in [-0.2, 0) is 4.79 Å². The van der Waals surface area contributed by atoms with Crippen molar-refractivity contribution in [1.82, 2.24) is 14.4 Å². The molecule has 1 aromatic carbocycles. The Balaban J connectivity index is 1.21. The molecule has 1 aliphatic carbocycles. The number of hydrogen-bond donors (Lipinski definition) is 0. The van der Waals surface area contributed by atoms with E-state index < -0.39 is 0 Å². The second-order valence-corrected chi connectivity index (χ2v) is 9.12. The fourth-order valence-electron chi connectivity index (χ4n) is 5.30. The minimum Gasteiger partial charge on any atom is -0.490 e. The Morgan fingerprint density at radius 2 is 1.69 bits per heavy atom. The molecule has 3 heterocycles. The van der Waals surface area contributed by atoms with Gasteiger partial charge >= 0.3 is 0 Å². The van der Waals surface area contributed by atoms with Crippen LogP contribution in [0.3, 0.4) is 0 Å². The van der Waals surface area contributed by atoms with Crippen LogP contribution in [0, 0.1) is 0 Å². The molecule has 2 aliphatic heterocycles. The van der Waals surface area contributed by atoms with Gasteiger partial charge in [-0.3, -0.25) is 4.79 Å². The third-order valence-electron chi connectivity index (χ3n) is 7.37. The van der Waals surface area contributed by atoms with Gasteiger partial charge in [-0.25, -0.2) is 0 Å². The Labute approximate surface area is 173 Å². The number of carbonyl (C=O) groups excluding carboxylic acids is 1. The number of likely N-dealkylation sites (tertiary alicyclic amines) is 2. The quantitative estimate of drug-likeness (QED) is 0.778. The number of fused-ring (bicyclic) bond motifs is 1. The van der Waals surface area contributed by atoms with Gasteiger partial charge in [0.25, 0.3) is 0 Å². The summed E-state index contributed by atoms with van der Waals surface area (Å²) in [4.78, 5) is 16.2. The topological polar surface area (TPSA) is 37.7 Å². The molecule has 5 heteroatoms. The van der Waals surface area contributed by atoms with E-state index in [1.807, 2.05) is 4.90 Å². The Kier molecular flexibility index (Phi) is 5.25. The third-order valence-corrected chi connectivity index (χ3v) is 7.37.